The minimum Gasteiger partial charge on any atom is -0.388 e. The third kappa shape index (κ3) is 4.18. The molecule has 20 heavy (non-hydrogen) atoms. The van der Waals surface area contributed by atoms with Gasteiger partial charge in [-0.15, -0.1) is 11.3 Å². The van der Waals surface area contributed by atoms with Gasteiger partial charge in [0.1, 0.15) is 0 Å². The molecule has 106 valence electrons. The molecule has 0 saturated heterocycles. The number of nitrogens with zero attached hydrogens (tertiary/aromatic N) is 1. The first-order valence-corrected chi connectivity index (χ1v) is 7.65. The zero-order valence-corrected chi connectivity index (χ0v) is 12.6. The number of nitrogens with two attached hydrogens (primary N) is 1. The molecule has 4 heteroatoms. The molecule has 2 aromatic rings. The Morgan fingerprint density at radius 3 is 2.60 bits per heavy atom. The fraction of sp³-hybridized carbons (Fsp3) is 0.312. The van der Waals surface area contributed by atoms with E-state index in [0.29, 0.717) is 6.42 Å². The van der Waals surface area contributed by atoms with Crippen LogP contribution < -0.4 is 5.73 Å². The van der Waals surface area contributed by atoms with Crippen molar-refractivity contribution in [2.24, 2.45) is 5.73 Å². The van der Waals surface area contributed by atoms with E-state index in [2.05, 4.69) is 41.6 Å². The summed E-state index contributed by atoms with van der Waals surface area (Å²) in [6.45, 7) is 0.966. The first kappa shape index (κ1) is 14.8. The van der Waals surface area contributed by atoms with Crippen LogP contribution in [0.5, 0.6) is 0 Å². The van der Waals surface area contributed by atoms with E-state index in [1.807, 2.05) is 18.2 Å². The van der Waals surface area contributed by atoms with Gasteiger partial charge in [0.05, 0.1) is 5.84 Å². The molecule has 1 aromatic heterocycles. The van der Waals surface area contributed by atoms with Crippen LogP contribution in [-0.4, -0.2) is 24.3 Å². The van der Waals surface area contributed by atoms with Gasteiger partial charge < -0.3 is 5.73 Å². The first-order valence-electron chi connectivity index (χ1n) is 6.77. The van der Waals surface area contributed by atoms with E-state index < -0.39 is 0 Å². The molecular formula is C16H21N3S. The molecule has 0 saturated carbocycles. The Labute approximate surface area is 124 Å². The van der Waals surface area contributed by atoms with E-state index in [0.717, 1.165) is 13.0 Å². The minimum absolute atomic E-state index is 0.175. The summed E-state index contributed by atoms with van der Waals surface area (Å²) in [6, 6.07) is 14.7. The van der Waals surface area contributed by atoms with Gasteiger partial charge in [-0.3, -0.25) is 10.3 Å². The van der Waals surface area contributed by atoms with Crippen molar-refractivity contribution in [2.75, 3.05) is 13.6 Å². The highest BCUT2D eigenvalue weighted by atomic mass is 32.1. The SMILES string of the molecule is CN(CCc1cccs1)C(CC(=N)N)c1ccccc1. The number of amidine groups is 1. The predicted molar refractivity (Wildman–Crippen MR) is 86.4 cm³/mol. The van der Waals surface area contributed by atoms with Gasteiger partial charge in [-0.25, -0.2) is 0 Å². The molecule has 1 heterocycles. The van der Waals surface area contributed by atoms with Gasteiger partial charge in [0.2, 0.25) is 0 Å². The number of rotatable bonds is 7. The van der Waals surface area contributed by atoms with Crippen molar-refractivity contribution in [3.63, 3.8) is 0 Å². The van der Waals surface area contributed by atoms with Crippen molar-refractivity contribution >= 4 is 17.2 Å². The van der Waals surface area contributed by atoms with E-state index in [1.54, 1.807) is 11.3 Å². The summed E-state index contributed by atoms with van der Waals surface area (Å²) in [5.41, 5.74) is 6.84. The smallest absolute Gasteiger partial charge is 0.0924 e. The van der Waals surface area contributed by atoms with Crippen LogP contribution in [0.1, 0.15) is 22.9 Å². The second kappa shape index (κ2) is 7.22. The van der Waals surface area contributed by atoms with Gasteiger partial charge in [0.25, 0.3) is 0 Å². The average Bonchev–Trinajstić information content (AvgIpc) is 2.96. The Kier molecular flexibility index (Phi) is 5.32. The molecule has 3 nitrogen and oxygen atoms in total. The van der Waals surface area contributed by atoms with E-state index in [4.69, 9.17) is 11.1 Å². The number of thiophene rings is 1. The number of nitrogens with one attached hydrogen (secondary N) is 1. The summed E-state index contributed by atoms with van der Waals surface area (Å²) in [5.74, 6) is 0.238. The fourth-order valence-corrected chi connectivity index (χ4v) is 3.01. The van der Waals surface area contributed by atoms with Crippen LogP contribution in [-0.2, 0) is 6.42 Å². The highest BCUT2D eigenvalue weighted by molar-refractivity contribution is 7.09. The van der Waals surface area contributed by atoms with E-state index in [-0.39, 0.29) is 11.9 Å². The molecule has 1 atom stereocenters. The predicted octanol–water partition coefficient (Wildman–Crippen LogP) is 3.29. The molecule has 0 bridgehead atoms. The maximum atomic E-state index is 7.59. The van der Waals surface area contributed by atoms with Gasteiger partial charge in [0, 0.05) is 23.9 Å². The Morgan fingerprint density at radius 1 is 1.25 bits per heavy atom. The maximum absolute atomic E-state index is 7.59. The van der Waals surface area contributed by atoms with Crippen LogP contribution >= 0.6 is 11.3 Å². The molecule has 0 aliphatic carbocycles. The summed E-state index contributed by atoms with van der Waals surface area (Å²) in [5, 5.41) is 9.70. The largest absolute Gasteiger partial charge is 0.388 e. The first-order chi connectivity index (χ1) is 9.66. The number of hydrogen-bond acceptors (Lipinski definition) is 3. The minimum atomic E-state index is 0.175. The Balaban J connectivity index is 2.04. The van der Waals surface area contributed by atoms with Gasteiger partial charge in [-0.05, 0) is 30.5 Å². The standard InChI is InChI=1S/C16H21N3S/c1-19(10-9-14-8-5-11-20-14)15(12-16(17)18)13-6-3-2-4-7-13/h2-8,11,15H,9-10,12H2,1H3,(H3,17,18). The summed E-state index contributed by atoms with van der Waals surface area (Å²) in [7, 11) is 2.11. The zero-order chi connectivity index (χ0) is 14.4. The second-order valence-corrected chi connectivity index (χ2v) is 6.00. The summed E-state index contributed by atoms with van der Waals surface area (Å²) in [4.78, 5) is 3.68. The lowest BCUT2D eigenvalue weighted by molar-refractivity contribution is 0.253. The third-order valence-corrected chi connectivity index (χ3v) is 4.36. The number of benzene rings is 1. The van der Waals surface area contributed by atoms with Crippen LogP contribution in [0, 0.1) is 5.41 Å². The molecule has 3 N–H and O–H groups in total. The molecule has 0 aliphatic heterocycles. The topological polar surface area (TPSA) is 53.1 Å². The number of hydrogen-bond donors (Lipinski definition) is 2. The maximum Gasteiger partial charge on any atom is 0.0924 e. The molecule has 0 aliphatic rings. The van der Waals surface area contributed by atoms with Crippen molar-refractivity contribution in [3.8, 4) is 0 Å². The molecule has 0 radical (unpaired) electrons. The third-order valence-electron chi connectivity index (χ3n) is 3.42. The van der Waals surface area contributed by atoms with Gasteiger partial charge >= 0.3 is 0 Å². The molecule has 0 fully saturated rings. The highest BCUT2D eigenvalue weighted by Crippen LogP contribution is 2.23. The normalized spacial score (nSPS) is 12.5. The van der Waals surface area contributed by atoms with Gasteiger partial charge in [0.15, 0.2) is 0 Å². The van der Waals surface area contributed by atoms with E-state index in [9.17, 15) is 0 Å². The van der Waals surface area contributed by atoms with E-state index in [1.165, 1.54) is 10.4 Å². The van der Waals surface area contributed by atoms with Crippen molar-refractivity contribution in [1.29, 1.82) is 5.41 Å². The lowest BCUT2D eigenvalue weighted by Gasteiger charge is -2.28. The molecule has 1 unspecified atom stereocenters. The molecule has 0 spiro atoms. The van der Waals surface area contributed by atoms with Gasteiger partial charge in [-0.1, -0.05) is 36.4 Å². The van der Waals surface area contributed by atoms with Crippen LogP contribution in [0.3, 0.4) is 0 Å². The summed E-state index contributed by atoms with van der Waals surface area (Å²) >= 11 is 1.79. The summed E-state index contributed by atoms with van der Waals surface area (Å²) in [6.07, 6.45) is 1.61. The zero-order valence-electron chi connectivity index (χ0n) is 11.8. The molecule has 2 rings (SSSR count). The quantitative estimate of drug-likeness (QED) is 0.606. The van der Waals surface area contributed by atoms with Crippen molar-refractivity contribution in [1.82, 2.24) is 4.90 Å². The van der Waals surface area contributed by atoms with Crippen LogP contribution in [0.4, 0.5) is 0 Å². The molecular weight excluding hydrogens is 266 g/mol. The average molecular weight is 287 g/mol. The van der Waals surface area contributed by atoms with Crippen molar-refractivity contribution in [2.45, 2.75) is 18.9 Å². The Morgan fingerprint density at radius 2 is 2.00 bits per heavy atom. The van der Waals surface area contributed by atoms with Crippen molar-refractivity contribution in [3.05, 3.63) is 58.3 Å². The Hall–Kier alpha value is -1.65. The highest BCUT2D eigenvalue weighted by Gasteiger charge is 2.17. The van der Waals surface area contributed by atoms with E-state index >= 15 is 0 Å². The fourth-order valence-electron chi connectivity index (χ4n) is 2.31. The molecule has 1 aromatic carbocycles. The van der Waals surface area contributed by atoms with Gasteiger partial charge in [-0.2, -0.15) is 0 Å². The van der Waals surface area contributed by atoms with Crippen LogP contribution in [0.15, 0.2) is 47.8 Å². The molecule has 0 amide bonds. The second-order valence-electron chi connectivity index (χ2n) is 4.97. The Bertz CT molecular complexity index is 522. The van der Waals surface area contributed by atoms with Crippen LogP contribution in [0.2, 0.25) is 0 Å². The lowest BCUT2D eigenvalue weighted by atomic mass is 10.0. The van der Waals surface area contributed by atoms with Crippen LogP contribution in [0.25, 0.3) is 0 Å². The van der Waals surface area contributed by atoms with Crippen molar-refractivity contribution < 1.29 is 0 Å². The summed E-state index contributed by atoms with van der Waals surface area (Å²) < 4.78 is 0. The number of likely N-dealkylation sites (N-methyl/N-ethyl adjacent to an activating group) is 1. The lowest BCUT2D eigenvalue weighted by Crippen LogP contribution is -2.30. The monoisotopic (exact) mass is 287 g/mol.